The molecule has 0 heterocycles. The first-order chi connectivity index (χ1) is 8.26. The molecule has 0 saturated carbocycles. The van der Waals surface area contributed by atoms with Crippen molar-refractivity contribution < 1.29 is 14.3 Å². The van der Waals surface area contributed by atoms with Crippen LogP contribution in [0.15, 0.2) is 4.99 Å². The van der Waals surface area contributed by atoms with E-state index < -0.39 is 12.0 Å². The number of isocyanates is 1. The zero-order valence-corrected chi connectivity index (χ0v) is 9.39. The van der Waals surface area contributed by atoms with Crippen molar-refractivity contribution in [2.75, 3.05) is 19.7 Å². The van der Waals surface area contributed by atoms with Gasteiger partial charge in [-0.1, -0.05) is 0 Å². The summed E-state index contributed by atoms with van der Waals surface area (Å²) in [5.74, 6) is -0.594. The molecule has 90 valence electrons. The molecule has 17 heavy (non-hydrogen) atoms. The third kappa shape index (κ3) is 7.72. The Balaban J connectivity index is 3.84. The minimum atomic E-state index is -0.819. The fourth-order valence-electron chi connectivity index (χ4n) is 1.10. The van der Waals surface area contributed by atoms with Crippen LogP contribution in [0.2, 0.25) is 0 Å². The van der Waals surface area contributed by atoms with E-state index in [4.69, 9.17) is 17.9 Å². The Morgan fingerprint density at radius 1 is 1.41 bits per heavy atom. The quantitative estimate of drug-likeness (QED) is 0.209. The second-order valence-corrected chi connectivity index (χ2v) is 3.16. The zero-order valence-electron chi connectivity index (χ0n) is 9.39. The molecule has 6 nitrogen and oxygen atoms in total. The number of ether oxygens (including phenoxy) is 1. The molecular weight excluding hydrogens is 222 g/mol. The highest BCUT2D eigenvalue weighted by molar-refractivity contribution is 5.77. The van der Waals surface area contributed by atoms with Gasteiger partial charge in [0.25, 0.3) is 0 Å². The number of hydrogen-bond donors (Lipinski definition) is 0. The molecule has 0 aliphatic carbocycles. The van der Waals surface area contributed by atoms with E-state index in [-0.39, 0.29) is 13.2 Å². The van der Waals surface area contributed by atoms with Gasteiger partial charge >= 0.3 is 12.0 Å². The lowest BCUT2D eigenvalue weighted by Crippen LogP contribution is -2.21. The number of carbonyl (C=O) groups excluding carboxylic acids is 2. The van der Waals surface area contributed by atoms with Gasteiger partial charge in [0.05, 0.1) is 6.54 Å². The van der Waals surface area contributed by atoms with Crippen LogP contribution in [0.25, 0.3) is 9.69 Å². The van der Waals surface area contributed by atoms with E-state index in [9.17, 15) is 9.59 Å². The maximum atomic E-state index is 11.4. The highest BCUT2D eigenvalue weighted by atomic mass is 16.5. The summed E-state index contributed by atoms with van der Waals surface area (Å²) in [6.07, 6.45) is 3.05. The SMILES string of the molecule is [C-]#[N+]CCCCC([N+]#[C-])C(=O)OCCN=C=O. The summed E-state index contributed by atoms with van der Waals surface area (Å²) in [5, 5.41) is 0. The van der Waals surface area contributed by atoms with Crippen molar-refractivity contribution in [3.8, 4) is 0 Å². The molecule has 0 aromatic carbocycles. The standard InChI is InChI=1S/C11H13N3O3/c1-12-6-4-3-5-10(13-2)11(16)17-8-7-14-9-15/h10H,3-8H2. The lowest BCUT2D eigenvalue weighted by atomic mass is 10.1. The summed E-state index contributed by atoms with van der Waals surface area (Å²) in [5.41, 5.74) is 0. The minimum Gasteiger partial charge on any atom is -0.458 e. The zero-order chi connectivity index (χ0) is 12.9. The van der Waals surface area contributed by atoms with Gasteiger partial charge in [0.1, 0.15) is 6.61 Å². The van der Waals surface area contributed by atoms with E-state index in [1.165, 1.54) is 6.08 Å². The number of unbranched alkanes of at least 4 members (excludes halogenated alkanes) is 1. The van der Waals surface area contributed by atoms with E-state index in [0.717, 1.165) is 0 Å². The number of esters is 1. The minimum absolute atomic E-state index is 0.0118. The summed E-state index contributed by atoms with van der Waals surface area (Å²) in [6, 6.07) is -0.819. The van der Waals surface area contributed by atoms with E-state index in [0.29, 0.717) is 25.8 Å². The number of nitrogens with zero attached hydrogens (tertiary/aromatic N) is 3. The molecule has 0 aromatic rings. The summed E-state index contributed by atoms with van der Waals surface area (Å²) < 4.78 is 4.77. The molecule has 0 amide bonds. The van der Waals surface area contributed by atoms with Crippen molar-refractivity contribution >= 4 is 12.0 Å². The fraction of sp³-hybridized carbons (Fsp3) is 0.636. The van der Waals surface area contributed by atoms with Gasteiger partial charge in [-0.25, -0.2) is 27.7 Å². The molecule has 0 fully saturated rings. The number of rotatable bonds is 8. The number of hydrogen-bond acceptors (Lipinski definition) is 4. The first-order valence-corrected chi connectivity index (χ1v) is 5.16. The molecule has 0 bridgehead atoms. The van der Waals surface area contributed by atoms with Gasteiger partial charge in [0, 0.05) is 12.8 Å². The van der Waals surface area contributed by atoms with Crippen LogP contribution >= 0.6 is 0 Å². The summed E-state index contributed by atoms with van der Waals surface area (Å²) in [7, 11) is 0. The van der Waals surface area contributed by atoms with E-state index >= 15 is 0 Å². The van der Waals surface area contributed by atoms with Gasteiger partial charge in [-0.3, -0.25) is 0 Å². The molecule has 6 heteroatoms. The van der Waals surface area contributed by atoms with Crippen LogP contribution in [0.5, 0.6) is 0 Å². The normalized spacial score (nSPS) is 10.5. The predicted molar refractivity (Wildman–Crippen MR) is 59.7 cm³/mol. The molecule has 0 saturated heterocycles. The monoisotopic (exact) mass is 235 g/mol. The van der Waals surface area contributed by atoms with Crippen molar-refractivity contribution in [3.63, 3.8) is 0 Å². The van der Waals surface area contributed by atoms with Crippen molar-refractivity contribution in [2.24, 2.45) is 4.99 Å². The third-order valence-electron chi connectivity index (χ3n) is 1.94. The first kappa shape index (κ1) is 14.8. The maximum absolute atomic E-state index is 11.4. The Labute approximate surface area is 99.9 Å². The van der Waals surface area contributed by atoms with Gasteiger partial charge in [0.15, 0.2) is 0 Å². The lowest BCUT2D eigenvalue weighted by molar-refractivity contribution is -0.144. The summed E-state index contributed by atoms with van der Waals surface area (Å²) in [6.45, 7) is 13.9. The maximum Gasteiger partial charge on any atom is 0.390 e. The Kier molecular flexibility index (Phi) is 9.03. The predicted octanol–water partition coefficient (Wildman–Crippen LogP) is 1.24. The van der Waals surface area contributed by atoms with Crippen LogP contribution in [0.3, 0.4) is 0 Å². The van der Waals surface area contributed by atoms with Gasteiger partial charge in [0.2, 0.25) is 12.6 Å². The largest absolute Gasteiger partial charge is 0.458 e. The number of aliphatic imine (C=N–C) groups is 1. The second-order valence-electron chi connectivity index (χ2n) is 3.16. The van der Waals surface area contributed by atoms with Crippen LogP contribution in [-0.2, 0) is 14.3 Å². The molecule has 0 aromatic heterocycles. The van der Waals surface area contributed by atoms with Crippen molar-refractivity contribution in [1.29, 1.82) is 0 Å². The molecule has 0 aliphatic heterocycles. The van der Waals surface area contributed by atoms with Crippen LogP contribution < -0.4 is 0 Å². The molecule has 0 N–H and O–H groups in total. The highest BCUT2D eigenvalue weighted by Crippen LogP contribution is 2.07. The Bertz CT molecular complexity index is 361. The highest BCUT2D eigenvalue weighted by Gasteiger charge is 2.24. The van der Waals surface area contributed by atoms with Crippen LogP contribution in [0, 0.1) is 13.1 Å². The van der Waals surface area contributed by atoms with Gasteiger partial charge in [-0.2, -0.15) is 0 Å². The summed E-state index contributed by atoms with van der Waals surface area (Å²) in [4.78, 5) is 30.7. The van der Waals surface area contributed by atoms with Crippen LogP contribution in [0.4, 0.5) is 0 Å². The molecule has 0 aliphatic rings. The van der Waals surface area contributed by atoms with Crippen molar-refractivity contribution in [3.05, 3.63) is 22.8 Å². The lowest BCUT2D eigenvalue weighted by Gasteiger charge is -2.04. The Morgan fingerprint density at radius 3 is 2.76 bits per heavy atom. The van der Waals surface area contributed by atoms with E-state index in [2.05, 4.69) is 14.7 Å². The van der Waals surface area contributed by atoms with Crippen molar-refractivity contribution in [2.45, 2.75) is 25.3 Å². The van der Waals surface area contributed by atoms with Crippen molar-refractivity contribution in [1.82, 2.24) is 0 Å². The van der Waals surface area contributed by atoms with Crippen LogP contribution in [-0.4, -0.2) is 37.8 Å². The summed E-state index contributed by atoms with van der Waals surface area (Å²) >= 11 is 0. The van der Waals surface area contributed by atoms with Gasteiger partial charge in [-0.05, 0) is 6.42 Å². The molecule has 0 radical (unpaired) electrons. The molecule has 0 spiro atoms. The van der Waals surface area contributed by atoms with E-state index in [1.807, 2.05) is 0 Å². The first-order valence-electron chi connectivity index (χ1n) is 5.16. The molecular formula is C11H13N3O3. The Hall–Kier alpha value is -2.17. The average molecular weight is 235 g/mol. The van der Waals surface area contributed by atoms with Gasteiger partial charge in [-0.15, -0.1) is 0 Å². The smallest absolute Gasteiger partial charge is 0.390 e. The topological polar surface area (TPSA) is 64.4 Å². The second kappa shape index (κ2) is 10.4. The average Bonchev–Trinajstić information content (AvgIpc) is 2.34. The van der Waals surface area contributed by atoms with Gasteiger partial charge < -0.3 is 14.4 Å². The Morgan fingerprint density at radius 2 is 2.18 bits per heavy atom. The fourth-order valence-corrected chi connectivity index (χ4v) is 1.10. The van der Waals surface area contributed by atoms with Crippen LogP contribution in [0.1, 0.15) is 19.3 Å². The molecule has 0 rings (SSSR count). The van der Waals surface area contributed by atoms with E-state index in [1.54, 1.807) is 0 Å². The molecule has 1 unspecified atom stereocenters. The number of carbonyl (C=O) groups is 1. The third-order valence-corrected chi connectivity index (χ3v) is 1.94. The molecule has 1 atom stereocenters.